The van der Waals surface area contributed by atoms with Crippen LogP contribution in [0.15, 0.2) is 41.4 Å². The average Bonchev–Trinajstić information content (AvgIpc) is 2.91. The number of ether oxygens (including phenoxy) is 1. The lowest BCUT2D eigenvalue weighted by Gasteiger charge is -2.05. The third-order valence-electron chi connectivity index (χ3n) is 3.67. The number of carbonyl (C=O) groups is 1. The molecule has 0 atom stereocenters. The summed E-state index contributed by atoms with van der Waals surface area (Å²) >= 11 is 7.13. The second-order valence-electron chi connectivity index (χ2n) is 5.39. The summed E-state index contributed by atoms with van der Waals surface area (Å²) in [4.78, 5) is 17.0. The first-order valence-electron chi connectivity index (χ1n) is 7.90. The van der Waals surface area contributed by atoms with Crippen molar-refractivity contribution in [3.63, 3.8) is 0 Å². The number of hydrogen-bond acceptors (Lipinski definition) is 3. The van der Waals surface area contributed by atoms with Crippen LogP contribution in [0.1, 0.15) is 17.3 Å². The molecule has 3 aromatic rings. The number of fused-ring (bicyclic) bond motifs is 1. The first-order valence-corrected chi connectivity index (χ1v) is 9.09. The summed E-state index contributed by atoms with van der Waals surface area (Å²) in [6, 6.07) is 7.90. The highest BCUT2D eigenvalue weighted by atomic mass is 35.5. The quantitative estimate of drug-likeness (QED) is 0.599. The van der Waals surface area contributed by atoms with Gasteiger partial charge in [-0.05, 0) is 43.3 Å². The van der Waals surface area contributed by atoms with E-state index >= 15 is 0 Å². The molecule has 0 spiro atoms. The number of rotatable bonds is 5. The number of benzene rings is 2. The molecule has 0 aliphatic carbocycles. The van der Waals surface area contributed by atoms with Gasteiger partial charge in [0.05, 0.1) is 27.4 Å². The van der Waals surface area contributed by atoms with E-state index in [-0.39, 0.29) is 16.4 Å². The minimum Gasteiger partial charge on any atom is -0.380 e. The molecule has 0 saturated heterocycles. The molecule has 0 radical (unpaired) electrons. The maximum atomic E-state index is 13.5. The van der Waals surface area contributed by atoms with Crippen LogP contribution in [0.4, 0.5) is 8.78 Å². The van der Waals surface area contributed by atoms with E-state index < -0.39 is 11.7 Å². The Kier molecular flexibility index (Phi) is 5.80. The van der Waals surface area contributed by atoms with Crippen LogP contribution < -0.4 is 4.80 Å². The fourth-order valence-corrected chi connectivity index (χ4v) is 3.79. The maximum Gasteiger partial charge on any atom is 0.281 e. The molecule has 4 nitrogen and oxygen atoms in total. The Morgan fingerprint density at radius 2 is 1.96 bits per heavy atom. The van der Waals surface area contributed by atoms with E-state index in [0.29, 0.717) is 29.3 Å². The monoisotopic (exact) mass is 396 g/mol. The zero-order valence-corrected chi connectivity index (χ0v) is 15.4. The Labute approximate surface area is 157 Å². The van der Waals surface area contributed by atoms with E-state index in [0.717, 1.165) is 17.6 Å². The standard InChI is InChI=1S/C18H15ClF2N2O2S/c1-2-25-8-7-23-15-6-4-12(21)10-16(15)26-18(23)22-17(24)13-5-3-11(20)9-14(13)19/h3-6,9-10H,2,7-8H2,1H3. The van der Waals surface area contributed by atoms with E-state index in [4.69, 9.17) is 16.3 Å². The minimum absolute atomic E-state index is 0.00762. The number of amides is 1. The highest BCUT2D eigenvalue weighted by molar-refractivity contribution is 7.16. The van der Waals surface area contributed by atoms with Crippen molar-refractivity contribution < 1.29 is 18.3 Å². The van der Waals surface area contributed by atoms with Gasteiger partial charge in [0.1, 0.15) is 11.6 Å². The Hall–Kier alpha value is -2.09. The number of carbonyl (C=O) groups excluding carboxylic acids is 1. The summed E-state index contributed by atoms with van der Waals surface area (Å²) < 4.78 is 34.5. The van der Waals surface area contributed by atoms with Crippen LogP contribution in [0, 0.1) is 11.6 Å². The maximum absolute atomic E-state index is 13.5. The SMILES string of the molecule is CCOCCn1c(=NC(=O)c2ccc(F)cc2Cl)sc2cc(F)ccc21. The van der Waals surface area contributed by atoms with Crippen molar-refractivity contribution in [2.45, 2.75) is 13.5 Å². The zero-order valence-electron chi connectivity index (χ0n) is 13.8. The van der Waals surface area contributed by atoms with Crippen molar-refractivity contribution >= 4 is 39.1 Å². The van der Waals surface area contributed by atoms with E-state index in [9.17, 15) is 13.6 Å². The van der Waals surface area contributed by atoms with Gasteiger partial charge in [-0.25, -0.2) is 8.78 Å². The molecule has 0 N–H and O–H groups in total. The van der Waals surface area contributed by atoms with Crippen LogP contribution in [0.2, 0.25) is 5.02 Å². The highest BCUT2D eigenvalue weighted by Gasteiger charge is 2.13. The van der Waals surface area contributed by atoms with Crippen LogP contribution in [-0.2, 0) is 11.3 Å². The predicted molar refractivity (Wildman–Crippen MR) is 97.6 cm³/mol. The summed E-state index contributed by atoms with van der Waals surface area (Å²) in [7, 11) is 0. The second-order valence-corrected chi connectivity index (χ2v) is 6.80. The zero-order chi connectivity index (χ0) is 18.7. The molecule has 1 amide bonds. The molecule has 2 aromatic carbocycles. The molecule has 0 unspecified atom stereocenters. The van der Waals surface area contributed by atoms with Gasteiger partial charge in [0.2, 0.25) is 0 Å². The van der Waals surface area contributed by atoms with Crippen molar-refractivity contribution in [3.8, 4) is 0 Å². The molecule has 1 heterocycles. The molecule has 8 heteroatoms. The van der Waals surface area contributed by atoms with Crippen LogP contribution in [-0.4, -0.2) is 23.7 Å². The van der Waals surface area contributed by atoms with Gasteiger partial charge in [-0.15, -0.1) is 0 Å². The Balaban J connectivity index is 2.08. The molecule has 0 aliphatic rings. The van der Waals surface area contributed by atoms with Crippen LogP contribution in [0.5, 0.6) is 0 Å². The number of nitrogens with zero attached hydrogens (tertiary/aromatic N) is 2. The Morgan fingerprint density at radius 1 is 1.23 bits per heavy atom. The number of aromatic nitrogens is 1. The summed E-state index contributed by atoms with van der Waals surface area (Å²) in [5.41, 5.74) is 0.862. The average molecular weight is 397 g/mol. The lowest BCUT2D eigenvalue weighted by Crippen LogP contribution is -2.19. The largest absolute Gasteiger partial charge is 0.380 e. The molecular weight excluding hydrogens is 382 g/mol. The lowest BCUT2D eigenvalue weighted by atomic mass is 10.2. The predicted octanol–water partition coefficient (Wildman–Crippen LogP) is 4.41. The van der Waals surface area contributed by atoms with Gasteiger partial charge in [-0.3, -0.25) is 4.79 Å². The molecule has 0 fully saturated rings. The van der Waals surface area contributed by atoms with Gasteiger partial charge in [-0.1, -0.05) is 22.9 Å². The van der Waals surface area contributed by atoms with Gasteiger partial charge in [-0.2, -0.15) is 4.99 Å². The minimum atomic E-state index is -0.591. The van der Waals surface area contributed by atoms with Crippen LogP contribution >= 0.6 is 22.9 Å². The van der Waals surface area contributed by atoms with Crippen LogP contribution in [0.3, 0.4) is 0 Å². The van der Waals surface area contributed by atoms with Gasteiger partial charge in [0, 0.05) is 13.2 Å². The van der Waals surface area contributed by atoms with Crippen molar-refractivity contribution in [2.75, 3.05) is 13.2 Å². The van der Waals surface area contributed by atoms with Crippen molar-refractivity contribution in [2.24, 2.45) is 4.99 Å². The third kappa shape index (κ3) is 4.00. The van der Waals surface area contributed by atoms with Gasteiger partial charge in [0.25, 0.3) is 5.91 Å². The van der Waals surface area contributed by atoms with Gasteiger partial charge >= 0.3 is 0 Å². The van der Waals surface area contributed by atoms with E-state index in [1.54, 1.807) is 10.6 Å². The second kappa shape index (κ2) is 8.07. The van der Waals surface area contributed by atoms with Crippen LogP contribution in [0.25, 0.3) is 10.2 Å². The van der Waals surface area contributed by atoms with Crippen molar-refractivity contribution in [3.05, 3.63) is 63.4 Å². The molecule has 1 aromatic heterocycles. The molecule has 3 rings (SSSR count). The summed E-state index contributed by atoms with van der Waals surface area (Å²) in [6.45, 7) is 3.34. The van der Waals surface area contributed by atoms with E-state index in [1.165, 1.54) is 29.5 Å². The molecule has 136 valence electrons. The van der Waals surface area contributed by atoms with Gasteiger partial charge in [0.15, 0.2) is 4.80 Å². The number of hydrogen-bond donors (Lipinski definition) is 0. The third-order valence-corrected chi connectivity index (χ3v) is 5.02. The molecular formula is C18H15ClF2N2O2S. The summed E-state index contributed by atoms with van der Waals surface area (Å²) in [6.07, 6.45) is 0. The molecule has 0 saturated carbocycles. The van der Waals surface area contributed by atoms with Gasteiger partial charge < -0.3 is 9.30 Å². The Bertz CT molecular complexity index is 1030. The molecule has 0 bridgehead atoms. The van der Waals surface area contributed by atoms with E-state index in [2.05, 4.69) is 4.99 Å². The summed E-state index contributed by atoms with van der Waals surface area (Å²) in [5, 5.41) is -0.00762. The Morgan fingerprint density at radius 3 is 2.69 bits per heavy atom. The normalized spacial score (nSPS) is 12.1. The fourth-order valence-electron chi connectivity index (χ4n) is 2.46. The molecule has 0 aliphatic heterocycles. The molecule has 26 heavy (non-hydrogen) atoms. The lowest BCUT2D eigenvalue weighted by molar-refractivity contribution is 0.0996. The van der Waals surface area contributed by atoms with Crippen molar-refractivity contribution in [1.82, 2.24) is 4.57 Å². The first kappa shape index (κ1) is 18.7. The topological polar surface area (TPSA) is 43.6 Å². The fraction of sp³-hybridized carbons (Fsp3) is 0.222. The highest BCUT2D eigenvalue weighted by Crippen LogP contribution is 2.20. The van der Waals surface area contributed by atoms with E-state index in [1.807, 2.05) is 6.92 Å². The van der Waals surface area contributed by atoms with Crippen molar-refractivity contribution in [1.29, 1.82) is 0 Å². The number of halogens is 3. The summed E-state index contributed by atoms with van der Waals surface area (Å²) in [5.74, 6) is -1.49. The smallest absolute Gasteiger partial charge is 0.281 e. The number of thiazole rings is 1. The first-order chi connectivity index (χ1) is 12.5.